The molecule has 0 radical (unpaired) electrons. The van der Waals surface area contributed by atoms with Crippen LogP contribution in [-0.4, -0.2) is 33.4 Å². The number of benzene rings is 1. The maximum Gasteiger partial charge on any atom is 0.374 e. The molecule has 1 aromatic heterocycles. The first-order valence-electron chi connectivity index (χ1n) is 6.03. The van der Waals surface area contributed by atoms with Gasteiger partial charge in [0.1, 0.15) is 11.4 Å². The Balaban J connectivity index is 2.35. The Labute approximate surface area is 115 Å². The molecular weight excluding hydrogens is 267 g/mol. The van der Waals surface area contributed by atoms with E-state index in [1.165, 1.54) is 25.3 Å². The number of hydrogen-bond donors (Lipinski definition) is 0. The molecule has 0 fully saturated rings. The number of carbonyl (C=O) groups is 1. The molecule has 0 spiro atoms. The van der Waals surface area contributed by atoms with Crippen molar-refractivity contribution in [1.29, 1.82) is 0 Å². The molecule has 6 heteroatoms. The molecule has 2 aromatic rings. The van der Waals surface area contributed by atoms with Crippen molar-refractivity contribution in [1.82, 2.24) is 0 Å². The number of rotatable bonds is 6. The SMILES string of the molecule is COCCOCc1c(C(=O)OC)oc2ccc(F)cc12. The smallest absolute Gasteiger partial charge is 0.374 e. The number of furan rings is 1. The molecule has 2 rings (SSSR count). The van der Waals surface area contributed by atoms with E-state index in [4.69, 9.17) is 13.9 Å². The molecule has 0 unspecified atom stereocenters. The zero-order valence-electron chi connectivity index (χ0n) is 11.3. The van der Waals surface area contributed by atoms with Crippen molar-refractivity contribution in [3.05, 3.63) is 35.3 Å². The van der Waals surface area contributed by atoms with Crippen LogP contribution in [0.25, 0.3) is 11.0 Å². The summed E-state index contributed by atoms with van der Waals surface area (Å²) in [7, 11) is 2.82. The van der Waals surface area contributed by atoms with Crippen LogP contribution >= 0.6 is 0 Å². The number of halogens is 1. The van der Waals surface area contributed by atoms with Gasteiger partial charge in [0.15, 0.2) is 0 Å². The van der Waals surface area contributed by atoms with E-state index in [-0.39, 0.29) is 12.4 Å². The van der Waals surface area contributed by atoms with Crippen molar-refractivity contribution in [3.8, 4) is 0 Å². The fourth-order valence-corrected chi connectivity index (χ4v) is 1.84. The Morgan fingerprint density at radius 2 is 2.10 bits per heavy atom. The zero-order chi connectivity index (χ0) is 14.5. The van der Waals surface area contributed by atoms with Gasteiger partial charge < -0.3 is 18.6 Å². The third kappa shape index (κ3) is 2.97. The van der Waals surface area contributed by atoms with Crippen LogP contribution in [0.1, 0.15) is 16.1 Å². The minimum absolute atomic E-state index is 0.0329. The summed E-state index contributed by atoms with van der Waals surface area (Å²) in [5.74, 6) is -0.995. The highest BCUT2D eigenvalue weighted by Gasteiger charge is 2.21. The lowest BCUT2D eigenvalue weighted by atomic mass is 10.1. The molecule has 0 saturated heterocycles. The second kappa shape index (κ2) is 6.49. The Bertz CT molecular complexity index is 605. The van der Waals surface area contributed by atoms with Gasteiger partial charge in [-0.15, -0.1) is 0 Å². The summed E-state index contributed by atoms with van der Waals surface area (Å²) in [5.41, 5.74) is 0.889. The van der Waals surface area contributed by atoms with E-state index in [2.05, 4.69) is 4.74 Å². The van der Waals surface area contributed by atoms with Gasteiger partial charge in [-0.25, -0.2) is 9.18 Å². The van der Waals surface area contributed by atoms with Crippen LogP contribution in [-0.2, 0) is 20.8 Å². The van der Waals surface area contributed by atoms with Crippen LogP contribution in [0.4, 0.5) is 4.39 Å². The van der Waals surface area contributed by atoms with Gasteiger partial charge in [0, 0.05) is 18.1 Å². The number of esters is 1. The molecule has 0 aliphatic rings. The lowest BCUT2D eigenvalue weighted by Gasteiger charge is -2.04. The minimum Gasteiger partial charge on any atom is -0.463 e. The quantitative estimate of drug-likeness (QED) is 0.602. The van der Waals surface area contributed by atoms with Crippen LogP contribution in [0.2, 0.25) is 0 Å². The maximum absolute atomic E-state index is 13.3. The van der Waals surface area contributed by atoms with Gasteiger partial charge >= 0.3 is 5.97 Å². The monoisotopic (exact) mass is 282 g/mol. The molecule has 0 aliphatic carbocycles. The van der Waals surface area contributed by atoms with Crippen molar-refractivity contribution >= 4 is 16.9 Å². The number of fused-ring (bicyclic) bond motifs is 1. The highest BCUT2D eigenvalue weighted by molar-refractivity contribution is 5.96. The van der Waals surface area contributed by atoms with E-state index >= 15 is 0 Å². The Hall–Kier alpha value is -1.92. The van der Waals surface area contributed by atoms with E-state index in [9.17, 15) is 9.18 Å². The predicted octanol–water partition coefficient (Wildman–Crippen LogP) is 2.52. The van der Waals surface area contributed by atoms with E-state index in [0.717, 1.165) is 0 Å². The summed E-state index contributed by atoms with van der Waals surface area (Å²) in [6.07, 6.45) is 0. The van der Waals surface area contributed by atoms with Crippen LogP contribution in [0.5, 0.6) is 0 Å². The van der Waals surface area contributed by atoms with Gasteiger partial charge in [-0.1, -0.05) is 0 Å². The topological polar surface area (TPSA) is 57.9 Å². The summed E-state index contributed by atoms with van der Waals surface area (Å²) in [4.78, 5) is 11.7. The largest absolute Gasteiger partial charge is 0.463 e. The highest BCUT2D eigenvalue weighted by atomic mass is 19.1. The zero-order valence-corrected chi connectivity index (χ0v) is 11.3. The highest BCUT2D eigenvalue weighted by Crippen LogP contribution is 2.28. The first kappa shape index (κ1) is 14.5. The summed E-state index contributed by atoms with van der Waals surface area (Å²) in [5, 5.41) is 0.503. The number of hydrogen-bond acceptors (Lipinski definition) is 5. The molecule has 0 amide bonds. The first-order valence-corrected chi connectivity index (χ1v) is 6.03. The van der Waals surface area contributed by atoms with Crippen molar-refractivity contribution in [2.75, 3.05) is 27.4 Å². The summed E-state index contributed by atoms with van der Waals surface area (Å²) >= 11 is 0. The Morgan fingerprint density at radius 3 is 2.80 bits per heavy atom. The Kier molecular flexibility index (Phi) is 4.70. The molecule has 0 bridgehead atoms. The predicted molar refractivity (Wildman–Crippen MR) is 69.0 cm³/mol. The van der Waals surface area contributed by atoms with Crippen LogP contribution < -0.4 is 0 Å². The molecule has 5 nitrogen and oxygen atoms in total. The van der Waals surface area contributed by atoms with Crippen LogP contribution in [0.3, 0.4) is 0 Å². The fourth-order valence-electron chi connectivity index (χ4n) is 1.84. The van der Waals surface area contributed by atoms with Gasteiger partial charge in [-0.2, -0.15) is 0 Å². The lowest BCUT2D eigenvalue weighted by molar-refractivity contribution is 0.0523. The first-order chi connectivity index (χ1) is 9.67. The van der Waals surface area contributed by atoms with Gasteiger partial charge in [0.05, 0.1) is 26.9 Å². The van der Waals surface area contributed by atoms with Crippen LogP contribution in [0.15, 0.2) is 22.6 Å². The van der Waals surface area contributed by atoms with Gasteiger partial charge in [0.25, 0.3) is 0 Å². The van der Waals surface area contributed by atoms with Gasteiger partial charge in [-0.3, -0.25) is 0 Å². The van der Waals surface area contributed by atoms with Gasteiger partial charge in [-0.05, 0) is 18.2 Å². The van der Waals surface area contributed by atoms with E-state index in [0.29, 0.717) is 29.7 Å². The summed E-state index contributed by atoms with van der Waals surface area (Å²) in [6.45, 7) is 0.904. The fraction of sp³-hybridized carbons (Fsp3) is 0.357. The lowest BCUT2D eigenvalue weighted by Crippen LogP contribution is -2.06. The molecule has 1 heterocycles. The molecule has 0 aliphatic heterocycles. The molecule has 108 valence electrons. The van der Waals surface area contributed by atoms with E-state index < -0.39 is 11.8 Å². The normalized spacial score (nSPS) is 10.9. The van der Waals surface area contributed by atoms with Crippen molar-refractivity contribution < 1.29 is 27.8 Å². The number of ether oxygens (including phenoxy) is 3. The van der Waals surface area contributed by atoms with Gasteiger partial charge in [0.2, 0.25) is 5.76 Å². The molecule has 0 saturated carbocycles. The van der Waals surface area contributed by atoms with Crippen molar-refractivity contribution in [2.24, 2.45) is 0 Å². The standard InChI is InChI=1S/C14H15FO5/c1-17-5-6-19-8-11-10-7-9(15)3-4-12(10)20-13(11)14(16)18-2/h3-4,7H,5-6,8H2,1-2H3. The van der Waals surface area contributed by atoms with E-state index in [1.54, 1.807) is 7.11 Å². The third-order valence-corrected chi connectivity index (χ3v) is 2.80. The molecule has 20 heavy (non-hydrogen) atoms. The second-order valence-corrected chi connectivity index (χ2v) is 4.09. The Morgan fingerprint density at radius 1 is 1.30 bits per heavy atom. The second-order valence-electron chi connectivity index (χ2n) is 4.09. The van der Waals surface area contributed by atoms with E-state index in [1.807, 2.05) is 0 Å². The molecule has 1 aromatic carbocycles. The van der Waals surface area contributed by atoms with Crippen LogP contribution in [0, 0.1) is 5.82 Å². The van der Waals surface area contributed by atoms with Crippen molar-refractivity contribution in [3.63, 3.8) is 0 Å². The third-order valence-electron chi connectivity index (χ3n) is 2.80. The summed E-state index contributed by atoms with van der Waals surface area (Å²) in [6, 6.07) is 4.04. The average molecular weight is 282 g/mol. The average Bonchev–Trinajstić information content (AvgIpc) is 2.81. The minimum atomic E-state index is -0.619. The van der Waals surface area contributed by atoms with Crippen molar-refractivity contribution in [2.45, 2.75) is 6.61 Å². The maximum atomic E-state index is 13.3. The number of carbonyl (C=O) groups excluding carboxylic acids is 1. The summed E-state index contributed by atoms with van der Waals surface area (Å²) < 4.78 is 33.7. The molecule has 0 N–H and O–H groups in total. The number of methoxy groups -OCH3 is 2. The molecule has 0 atom stereocenters. The molecular formula is C14H15FO5.